The molecule has 2 N–H and O–H groups in total. The van der Waals surface area contributed by atoms with Crippen molar-refractivity contribution in [3.8, 4) is 0 Å². The van der Waals surface area contributed by atoms with Crippen LogP contribution in [-0.2, 0) is 19.1 Å². The van der Waals surface area contributed by atoms with Gasteiger partial charge in [0, 0.05) is 13.2 Å². The van der Waals surface area contributed by atoms with E-state index in [0.717, 1.165) is 41.3 Å². The Labute approximate surface area is 236 Å². The van der Waals surface area contributed by atoms with Crippen LogP contribution in [0.1, 0.15) is 86.0 Å². The molecule has 8 heteroatoms. The average molecular weight is 548 g/mol. The highest BCUT2D eigenvalue weighted by atomic mass is 16.5. The Hall–Kier alpha value is -2.64. The summed E-state index contributed by atoms with van der Waals surface area (Å²) in [7, 11) is 1.66. The van der Waals surface area contributed by atoms with Gasteiger partial charge in [0.05, 0.1) is 18.5 Å². The first-order chi connectivity index (χ1) is 18.4. The SMILES string of the molecule is C=COC/C(=C/N(C)CC(=O)NC(C)C(=O)O)N=C.CC1CCC2C(CCC3C(C)CCC[C@]32C)C1.CC=O. The number of hydrogen-bond acceptors (Lipinski definition) is 6. The largest absolute Gasteiger partial charge is 0.495 e. The number of hydrogen-bond donors (Lipinski definition) is 2. The first kappa shape index (κ1) is 34.4. The number of ether oxygens (including phenoxy) is 1. The Bertz CT molecular complexity index is 844. The highest BCUT2D eigenvalue weighted by Crippen LogP contribution is 2.60. The summed E-state index contributed by atoms with van der Waals surface area (Å²) in [5, 5.41) is 11.0. The predicted molar refractivity (Wildman–Crippen MR) is 157 cm³/mol. The number of carbonyl (C=O) groups excluding carboxylic acids is 2. The summed E-state index contributed by atoms with van der Waals surface area (Å²) in [6.45, 7) is 17.5. The summed E-state index contributed by atoms with van der Waals surface area (Å²) in [6, 6.07) is -0.925. The van der Waals surface area contributed by atoms with Crippen molar-refractivity contribution in [2.75, 3.05) is 20.2 Å². The molecule has 0 spiro atoms. The highest BCUT2D eigenvalue weighted by molar-refractivity contribution is 5.84. The summed E-state index contributed by atoms with van der Waals surface area (Å²) in [5.41, 5.74) is 1.25. The molecule has 3 saturated carbocycles. The Morgan fingerprint density at radius 3 is 2.44 bits per heavy atom. The molecule has 3 fully saturated rings. The number of carboxylic acid groups (broad SMARTS) is 1. The van der Waals surface area contributed by atoms with Crippen molar-refractivity contribution in [1.29, 1.82) is 0 Å². The number of fused-ring (bicyclic) bond motifs is 3. The highest BCUT2D eigenvalue weighted by Gasteiger charge is 2.51. The lowest BCUT2D eigenvalue weighted by Crippen LogP contribution is -2.49. The van der Waals surface area contributed by atoms with E-state index in [2.05, 4.69) is 44.4 Å². The normalized spacial score (nSPS) is 30.2. The van der Waals surface area contributed by atoms with Crippen molar-refractivity contribution in [3.63, 3.8) is 0 Å². The Morgan fingerprint density at radius 2 is 1.85 bits per heavy atom. The molecule has 0 aliphatic heterocycles. The van der Waals surface area contributed by atoms with E-state index in [1.54, 1.807) is 43.8 Å². The van der Waals surface area contributed by atoms with Crippen molar-refractivity contribution in [3.05, 3.63) is 24.7 Å². The second-order valence-electron chi connectivity index (χ2n) is 11.9. The average Bonchev–Trinajstić information content (AvgIpc) is 2.86. The number of nitrogens with one attached hydrogen (secondary N) is 1. The fourth-order valence-electron chi connectivity index (χ4n) is 7.14. The lowest BCUT2D eigenvalue weighted by atomic mass is 9.47. The van der Waals surface area contributed by atoms with Crippen LogP contribution in [0.3, 0.4) is 0 Å². The first-order valence-corrected chi connectivity index (χ1v) is 14.4. The van der Waals surface area contributed by atoms with Gasteiger partial charge < -0.3 is 24.9 Å². The van der Waals surface area contributed by atoms with Crippen LogP contribution in [-0.4, -0.2) is 61.1 Å². The smallest absolute Gasteiger partial charge is 0.325 e. The molecule has 0 saturated heterocycles. The zero-order valence-electron chi connectivity index (χ0n) is 25.2. The van der Waals surface area contributed by atoms with E-state index in [9.17, 15) is 9.59 Å². The van der Waals surface area contributed by atoms with Crippen LogP contribution >= 0.6 is 0 Å². The molecule has 3 aliphatic carbocycles. The van der Waals surface area contributed by atoms with Gasteiger partial charge in [-0.05, 0) is 87.7 Å². The molecule has 0 heterocycles. The molecule has 7 atom stereocenters. The number of carboxylic acids is 1. The van der Waals surface area contributed by atoms with Gasteiger partial charge in [0.15, 0.2) is 0 Å². The standard InChI is InChI=1S/C17H30.C12H19N3O4.C2H4O/c1-12-6-8-16-14(11-12)7-9-15-13(2)5-4-10-17(15,16)3;1-5-19-8-10(13-3)6-15(4)7-11(16)14-9(2)12(17)18;1-2-3/h12-16H,4-11H2,1-3H3;5-6,9H,1,3,7-8H2,2,4H3,(H,14,16)(H,17,18);2H,1H3/b;10-6-;/t12?,13?,14?,15?,16?,17-;;/m1../s1. The van der Waals surface area contributed by atoms with E-state index < -0.39 is 17.9 Å². The van der Waals surface area contributed by atoms with Crippen LogP contribution in [0.2, 0.25) is 0 Å². The van der Waals surface area contributed by atoms with Crippen molar-refractivity contribution in [1.82, 2.24) is 10.2 Å². The third-order valence-electron chi connectivity index (χ3n) is 8.91. The number of aliphatic carboxylic acids is 1. The van der Waals surface area contributed by atoms with Crippen molar-refractivity contribution < 1.29 is 24.2 Å². The monoisotopic (exact) mass is 547 g/mol. The molecular weight excluding hydrogens is 494 g/mol. The minimum Gasteiger partial charge on any atom is -0.495 e. The third-order valence-corrected chi connectivity index (χ3v) is 8.91. The second-order valence-corrected chi connectivity index (χ2v) is 11.9. The maximum Gasteiger partial charge on any atom is 0.325 e. The van der Waals surface area contributed by atoms with Crippen molar-refractivity contribution in [2.24, 2.45) is 40.0 Å². The van der Waals surface area contributed by atoms with Gasteiger partial charge in [0.25, 0.3) is 0 Å². The number of amides is 1. The summed E-state index contributed by atoms with van der Waals surface area (Å²) in [6.07, 6.45) is 15.9. The van der Waals surface area contributed by atoms with Crippen LogP contribution in [0.5, 0.6) is 0 Å². The van der Waals surface area contributed by atoms with Gasteiger partial charge >= 0.3 is 5.97 Å². The minimum absolute atomic E-state index is 0.00469. The molecule has 0 bridgehead atoms. The molecule has 8 nitrogen and oxygen atoms in total. The summed E-state index contributed by atoms with van der Waals surface area (Å²) >= 11 is 0. The quantitative estimate of drug-likeness (QED) is 0.218. The molecule has 0 aromatic carbocycles. The van der Waals surface area contributed by atoms with E-state index >= 15 is 0 Å². The fourth-order valence-corrected chi connectivity index (χ4v) is 7.14. The molecule has 39 heavy (non-hydrogen) atoms. The van der Waals surface area contributed by atoms with E-state index in [-0.39, 0.29) is 13.2 Å². The number of aliphatic imine (C=N–C) groups is 1. The summed E-state index contributed by atoms with van der Waals surface area (Å²) in [5.74, 6) is 3.77. The number of carbonyl (C=O) groups is 3. The molecule has 3 rings (SSSR count). The molecule has 0 aromatic rings. The Kier molecular flexibility index (Phi) is 15.1. The second kappa shape index (κ2) is 17.1. The minimum atomic E-state index is -1.08. The van der Waals surface area contributed by atoms with E-state index in [1.807, 2.05) is 0 Å². The first-order valence-electron chi connectivity index (χ1n) is 14.4. The van der Waals surface area contributed by atoms with Gasteiger partial charge in [-0.3, -0.25) is 14.6 Å². The fraction of sp³-hybridized carbons (Fsp3) is 0.742. The van der Waals surface area contributed by atoms with Crippen LogP contribution in [0.4, 0.5) is 0 Å². The van der Waals surface area contributed by atoms with Crippen LogP contribution in [0, 0.1) is 35.0 Å². The van der Waals surface area contributed by atoms with Gasteiger partial charge in [0.2, 0.25) is 5.91 Å². The molecule has 6 unspecified atom stereocenters. The summed E-state index contributed by atoms with van der Waals surface area (Å²) in [4.78, 5) is 36.2. The lowest BCUT2D eigenvalue weighted by Gasteiger charge is -2.58. The van der Waals surface area contributed by atoms with E-state index in [1.165, 1.54) is 45.8 Å². The summed E-state index contributed by atoms with van der Waals surface area (Å²) < 4.78 is 4.95. The Morgan fingerprint density at radius 1 is 1.21 bits per heavy atom. The van der Waals surface area contributed by atoms with Gasteiger partial charge in [0.1, 0.15) is 18.9 Å². The maximum absolute atomic E-state index is 11.5. The number of nitrogens with zero attached hydrogens (tertiary/aromatic N) is 2. The van der Waals surface area contributed by atoms with Gasteiger partial charge in [-0.2, -0.15) is 0 Å². The van der Waals surface area contributed by atoms with Crippen molar-refractivity contribution >= 4 is 24.9 Å². The van der Waals surface area contributed by atoms with Crippen molar-refractivity contribution in [2.45, 2.75) is 92.0 Å². The third kappa shape index (κ3) is 10.8. The Balaban J connectivity index is 0.000000355. The molecule has 1 amide bonds. The number of aldehydes is 1. The number of rotatable bonds is 9. The molecule has 222 valence electrons. The molecule has 0 radical (unpaired) electrons. The predicted octanol–water partition coefficient (Wildman–Crippen LogP) is 5.69. The topological polar surface area (TPSA) is 108 Å². The molecular formula is C31H53N3O5. The molecule has 0 aromatic heterocycles. The van der Waals surface area contributed by atoms with E-state index in [0.29, 0.717) is 5.70 Å². The van der Waals surface area contributed by atoms with E-state index in [4.69, 9.17) is 14.6 Å². The van der Waals surface area contributed by atoms with Gasteiger partial charge in [-0.15, -0.1) is 0 Å². The van der Waals surface area contributed by atoms with Crippen LogP contribution in [0.15, 0.2) is 29.7 Å². The zero-order valence-corrected chi connectivity index (χ0v) is 25.2. The number of likely N-dealkylation sites (N-methyl/N-ethyl adjacent to an activating group) is 1. The zero-order chi connectivity index (χ0) is 29.6. The van der Waals surface area contributed by atoms with Gasteiger partial charge in [-0.25, -0.2) is 0 Å². The van der Waals surface area contributed by atoms with Crippen LogP contribution in [0.25, 0.3) is 0 Å². The lowest BCUT2D eigenvalue weighted by molar-refractivity contribution is -0.141. The van der Waals surface area contributed by atoms with Crippen LogP contribution < -0.4 is 5.32 Å². The van der Waals surface area contributed by atoms with Gasteiger partial charge in [-0.1, -0.05) is 46.6 Å². The maximum atomic E-state index is 11.5. The molecule has 3 aliphatic rings.